The van der Waals surface area contributed by atoms with Crippen molar-refractivity contribution in [2.45, 2.75) is 6.18 Å². The highest BCUT2D eigenvalue weighted by Gasteiger charge is 2.36. The normalized spacial score (nSPS) is 11.3. The second-order valence-electron chi connectivity index (χ2n) is 2.90. The highest BCUT2D eigenvalue weighted by molar-refractivity contribution is 5.87. The second-order valence-corrected chi connectivity index (χ2v) is 2.90. The highest BCUT2D eigenvalue weighted by atomic mass is 19.4. The number of nitrogens with one attached hydrogen (secondary N) is 1. The molecule has 1 aromatic heterocycles. The van der Waals surface area contributed by atoms with E-state index >= 15 is 0 Å². The third kappa shape index (κ3) is 2.86. The average molecular weight is 223 g/mol. The number of aromatic nitrogens is 1. The molecule has 0 spiro atoms. The number of anilines is 1. The van der Waals surface area contributed by atoms with Crippen LogP contribution in [0.2, 0.25) is 0 Å². The van der Waals surface area contributed by atoms with Gasteiger partial charge in [0.05, 0.1) is 0 Å². The Bertz CT molecular complexity index is 359. The van der Waals surface area contributed by atoms with Crippen LogP contribution in [-0.2, 0) is 6.18 Å². The van der Waals surface area contributed by atoms with Gasteiger partial charge in [-0.2, -0.15) is 13.2 Å². The minimum absolute atomic E-state index is 0.277. The van der Waals surface area contributed by atoms with Crippen molar-refractivity contribution in [1.82, 2.24) is 10.1 Å². The Hall–Kier alpha value is -1.73. The molecule has 15 heavy (non-hydrogen) atoms. The van der Waals surface area contributed by atoms with Gasteiger partial charge in [0.1, 0.15) is 0 Å². The van der Waals surface area contributed by atoms with Crippen molar-refractivity contribution >= 4 is 11.8 Å². The minimum atomic E-state index is -4.60. The molecule has 5 nitrogen and oxygen atoms in total. The molecule has 0 aliphatic rings. The molecule has 0 unspecified atom stereocenters. The average Bonchev–Trinajstić information content (AvgIpc) is 2.51. The zero-order valence-corrected chi connectivity index (χ0v) is 7.92. The van der Waals surface area contributed by atoms with E-state index in [1.807, 2.05) is 0 Å². The van der Waals surface area contributed by atoms with E-state index in [-0.39, 0.29) is 5.82 Å². The number of carbonyl (C=O) groups is 1. The first-order valence-electron chi connectivity index (χ1n) is 3.83. The first kappa shape index (κ1) is 11.3. The number of hydrogen-bond acceptors (Lipinski definition) is 3. The van der Waals surface area contributed by atoms with Crippen LogP contribution in [0.1, 0.15) is 5.76 Å². The van der Waals surface area contributed by atoms with Gasteiger partial charge in [-0.25, -0.2) is 4.79 Å². The Morgan fingerprint density at radius 2 is 2.13 bits per heavy atom. The van der Waals surface area contributed by atoms with Crippen LogP contribution < -0.4 is 5.32 Å². The fourth-order valence-electron chi connectivity index (χ4n) is 0.689. The lowest BCUT2D eigenvalue weighted by Crippen LogP contribution is -2.27. The smallest absolute Gasteiger partial charge is 0.349 e. The van der Waals surface area contributed by atoms with Crippen molar-refractivity contribution in [3.05, 3.63) is 11.8 Å². The maximum absolute atomic E-state index is 12.0. The van der Waals surface area contributed by atoms with E-state index in [2.05, 4.69) is 15.0 Å². The van der Waals surface area contributed by atoms with E-state index < -0.39 is 18.0 Å². The number of hydrogen-bond donors (Lipinski definition) is 1. The molecular weight excluding hydrogens is 215 g/mol. The second kappa shape index (κ2) is 3.79. The van der Waals surface area contributed by atoms with Crippen LogP contribution in [0.4, 0.5) is 23.8 Å². The molecule has 1 N–H and O–H groups in total. The zero-order chi connectivity index (χ0) is 11.6. The van der Waals surface area contributed by atoms with E-state index in [0.717, 1.165) is 4.90 Å². The third-order valence-corrected chi connectivity index (χ3v) is 1.43. The van der Waals surface area contributed by atoms with Crippen molar-refractivity contribution < 1.29 is 22.5 Å². The number of rotatable bonds is 1. The quantitative estimate of drug-likeness (QED) is 0.789. The summed E-state index contributed by atoms with van der Waals surface area (Å²) in [6.07, 6.45) is -4.60. The molecule has 84 valence electrons. The maximum atomic E-state index is 12.0. The van der Waals surface area contributed by atoms with Crippen LogP contribution in [-0.4, -0.2) is 30.2 Å². The number of amides is 2. The Labute approximate surface area is 82.8 Å². The Morgan fingerprint density at radius 3 is 2.53 bits per heavy atom. The molecule has 0 saturated carbocycles. The lowest BCUT2D eigenvalue weighted by molar-refractivity contribution is -0.155. The molecule has 8 heteroatoms. The summed E-state index contributed by atoms with van der Waals surface area (Å²) < 4.78 is 40.1. The Balaban J connectivity index is 2.73. The van der Waals surface area contributed by atoms with Crippen LogP contribution in [0, 0.1) is 0 Å². The molecule has 1 aromatic rings. The number of carbonyl (C=O) groups excluding carboxylic acids is 1. The fraction of sp³-hybridized carbons (Fsp3) is 0.429. The predicted octanol–water partition coefficient (Wildman–Crippen LogP) is 1.79. The molecule has 1 heterocycles. The van der Waals surface area contributed by atoms with Gasteiger partial charge in [-0.05, 0) is 0 Å². The fourth-order valence-corrected chi connectivity index (χ4v) is 0.689. The molecule has 2 amide bonds. The van der Waals surface area contributed by atoms with Crippen molar-refractivity contribution in [2.75, 3.05) is 19.4 Å². The van der Waals surface area contributed by atoms with Crippen LogP contribution >= 0.6 is 0 Å². The van der Waals surface area contributed by atoms with E-state index in [9.17, 15) is 18.0 Å². The molecule has 0 fully saturated rings. The van der Waals surface area contributed by atoms with Gasteiger partial charge in [-0.15, -0.1) is 0 Å². The number of alkyl halides is 3. The highest BCUT2D eigenvalue weighted by Crippen LogP contribution is 2.30. The van der Waals surface area contributed by atoms with Crippen LogP contribution in [0.25, 0.3) is 0 Å². The largest absolute Gasteiger partial charge is 0.452 e. The van der Waals surface area contributed by atoms with Gasteiger partial charge in [0, 0.05) is 20.2 Å². The summed E-state index contributed by atoms with van der Waals surface area (Å²) in [5.41, 5.74) is 0. The molecule has 0 aliphatic carbocycles. The zero-order valence-electron chi connectivity index (χ0n) is 7.92. The SMILES string of the molecule is CN(C)C(=O)Nc1cc(C(F)(F)F)on1. The van der Waals surface area contributed by atoms with Crippen molar-refractivity contribution in [1.29, 1.82) is 0 Å². The van der Waals surface area contributed by atoms with Crippen molar-refractivity contribution in [3.63, 3.8) is 0 Å². The summed E-state index contributed by atoms with van der Waals surface area (Å²) in [4.78, 5) is 12.2. The van der Waals surface area contributed by atoms with Crippen LogP contribution in [0.3, 0.4) is 0 Å². The molecule has 0 atom stereocenters. The Kier molecular flexibility index (Phi) is 2.87. The van der Waals surface area contributed by atoms with E-state index in [1.54, 1.807) is 0 Å². The molecule has 0 bridgehead atoms. The summed E-state index contributed by atoms with van der Waals surface area (Å²) >= 11 is 0. The summed E-state index contributed by atoms with van der Waals surface area (Å²) in [7, 11) is 2.89. The predicted molar refractivity (Wildman–Crippen MR) is 44.2 cm³/mol. The molecule has 0 saturated heterocycles. The molecular formula is C7H8F3N3O2. The number of urea groups is 1. The maximum Gasteiger partial charge on any atom is 0.452 e. The van der Waals surface area contributed by atoms with Gasteiger partial charge >= 0.3 is 12.2 Å². The first-order valence-corrected chi connectivity index (χ1v) is 3.83. The molecule has 1 rings (SSSR count). The number of nitrogens with zero attached hydrogens (tertiary/aromatic N) is 2. The minimum Gasteiger partial charge on any atom is -0.349 e. The standard InChI is InChI=1S/C7H8F3N3O2/c1-13(2)6(14)11-5-3-4(15-12-5)7(8,9)10/h3H,1-2H3,(H,11,12,14). The molecule has 0 aliphatic heterocycles. The summed E-state index contributed by atoms with van der Waals surface area (Å²) in [5.74, 6) is -1.53. The number of halogens is 3. The van der Waals surface area contributed by atoms with E-state index in [0.29, 0.717) is 6.07 Å². The van der Waals surface area contributed by atoms with Gasteiger partial charge in [0.15, 0.2) is 5.82 Å². The summed E-state index contributed by atoms with van der Waals surface area (Å²) in [6.45, 7) is 0. The third-order valence-electron chi connectivity index (χ3n) is 1.43. The van der Waals surface area contributed by atoms with Gasteiger partial charge in [0.2, 0.25) is 5.76 Å². The van der Waals surface area contributed by atoms with Crippen LogP contribution in [0.15, 0.2) is 10.6 Å². The van der Waals surface area contributed by atoms with Gasteiger partial charge in [-0.3, -0.25) is 5.32 Å². The monoisotopic (exact) mass is 223 g/mol. The summed E-state index contributed by atoms with van der Waals surface area (Å²) in [6, 6.07) is 0.0264. The molecule has 0 aromatic carbocycles. The van der Waals surface area contributed by atoms with Crippen molar-refractivity contribution in [2.24, 2.45) is 0 Å². The lowest BCUT2D eigenvalue weighted by atomic mass is 10.4. The lowest BCUT2D eigenvalue weighted by Gasteiger charge is -2.08. The van der Waals surface area contributed by atoms with Gasteiger partial charge in [0.25, 0.3) is 0 Å². The Morgan fingerprint density at radius 1 is 1.53 bits per heavy atom. The van der Waals surface area contributed by atoms with E-state index in [1.165, 1.54) is 14.1 Å². The van der Waals surface area contributed by atoms with Gasteiger partial charge in [-0.1, -0.05) is 5.16 Å². The topological polar surface area (TPSA) is 58.4 Å². The van der Waals surface area contributed by atoms with E-state index in [4.69, 9.17) is 0 Å². The first-order chi connectivity index (χ1) is 6.80. The van der Waals surface area contributed by atoms with Crippen LogP contribution in [0.5, 0.6) is 0 Å². The summed E-state index contributed by atoms with van der Waals surface area (Å²) in [5, 5.41) is 5.17. The molecule has 0 radical (unpaired) electrons. The van der Waals surface area contributed by atoms with Crippen molar-refractivity contribution in [3.8, 4) is 0 Å². The van der Waals surface area contributed by atoms with Gasteiger partial charge < -0.3 is 9.42 Å².